The Morgan fingerprint density at radius 1 is 1.28 bits per heavy atom. The molecule has 0 aliphatic carbocycles. The molecule has 0 spiro atoms. The molecule has 0 saturated carbocycles. The molecule has 1 aliphatic heterocycles. The average Bonchev–Trinajstić information content (AvgIpc) is 3.31. The maximum atomic E-state index is 13.1. The van der Waals surface area contributed by atoms with Crippen molar-refractivity contribution in [3.05, 3.63) is 64.3 Å². The highest BCUT2D eigenvalue weighted by atomic mass is 35.5. The number of hydrogen-bond donors (Lipinski definition) is 1. The molecule has 29 heavy (non-hydrogen) atoms. The van der Waals surface area contributed by atoms with Gasteiger partial charge in [0.2, 0.25) is 5.91 Å². The topological polar surface area (TPSA) is 79.6 Å². The Labute approximate surface area is 173 Å². The molecule has 8 heteroatoms. The second-order valence-electron chi connectivity index (χ2n) is 7.34. The Bertz CT molecular complexity index is 1090. The number of likely N-dealkylation sites (tertiary alicyclic amines) is 1. The monoisotopic (exact) mass is 411 g/mol. The highest BCUT2D eigenvalue weighted by Gasteiger charge is 2.33. The highest BCUT2D eigenvalue weighted by Crippen LogP contribution is 2.22. The van der Waals surface area contributed by atoms with Crippen molar-refractivity contribution in [3.8, 4) is 0 Å². The average molecular weight is 412 g/mol. The van der Waals surface area contributed by atoms with Gasteiger partial charge in [-0.05, 0) is 44.0 Å². The summed E-state index contributed by atoms with van der Waals surface area (Å²) in [7, 11) is 0. The Kier molecular flexibility index (Phi) is 5.24. The molecule has 1 aliphatic rings. The van der Waals surface area contributed by atoms with Gasteiger partial charge in [-0.2, -0.15) is 0 Å². The summed E-state index contributed by atoms with van der Waals surface area (Å²) in [6.07, 6.45) is 4.05. The van der Waals surface area contributed by atoms with Gasteiger partial charge in [-0.1, -0.05) is 17.7 Å². The predicted molar refractivity (Wildman–Crippen MR) is 110 cm³/mol. The number of aryl methyl sites for hydroxylation is 2. The number of imidazole rings is 1. The zero-order valence-electron chi connectivity index (χ0n) is 16.4. The lowest BCUT2D eigenvalue weighted by molar-refractivity contribution is -0.124. The van der Waals surface area contributed by atoms with Crippen LogP contribution in [0.3, 0.4) is 0 Å². The predicted octanol–water partition coefficient (Wildman–Crippen LogP) is 2.78. The summed E-state index contributed by atoms with van der Waals surface area (Å²) in [6, 6.07) is 7.37. The second-order valence-corrected chi connectivity index (χ2v) is 7.78. The molecule has 3 aromatic heterocycles. The number of carbonyl (C=O) groups is 2. The van der Waals surface area contributed by atoms with E-state index in [1.54, 1.807) is 33.8 Å². The third kappa shape index (κ3) is 3.82. The fourth-order valence-electron chi connectivity index (χ4n) is 3.72. The Balaban J connectivity index is 1.44. The zero-order valence-corrected chi connectivity index (χ0v) is 17.1. The Morgan fingerprint density at radius 3 is 2.90 bits per heavy atom. The summed E-state index contributed by atoms with van der Waals surface area (Å²) in [5.41, 5.74) is 3.71. The van der Waals surface area contributed by atoms with Crippen LogP contribution in [0, 0.1) is 19.8 Å². The molecule has 0 aromatic carbocycles. The van der Waals surface area contributed by atoms with Crippen molar-refractivity contribution in [2.24, 2.45) is 5.92 Å². The number of fused-ring (bicyclic) bond motifs is 1. The summed E-state index contributed by atoms with van der Waals surface area (Å²) in [6.45, 7) is 5.09. The number of nitrogens with zero attached hydrogens (tertiary/aromatic N) is 4. The lowest BCUT2D eigenvalue weighted by atomic mass is 10.1. The van der Waals surface area contributed by atoms with E-state index in [4.69, 9.17) is 11.6 Å². The van der Waals surface area contributed by atoms with Crippen LogP contribution in [0.5, 0.6) is 0 Å². The van der Waals surface area contributed by atoms with Crippen molar-refractivity contribution in [2.75, 3.05) is 13.1 Å². The number of carbonyl (C=O) groups excluding carboxylic acids is 2. The van der Waals surface area contributed by atoms with Crippen molar-refractivity contribution in [2.45, 2.75) is 26.8 Å². The third-order valence-electron chi connectivity index (χ3n) is 5.35. The van der Waals surface area contributed by atoms with E-state index in [0.717, 1.165) is 11.3 Å². The van der Waals surface area contributed by atoms with Gasteiger partial charge in [0.25, 0.3) is 5.91 Å². The molecule has 0 bridgehead atoms. The van der Waals surface area contributed by atoms with E-state index in [-0.39, 0.29) is 17.7 Å². The van der Waals surface area contributed by atoms with Gasteiger partial charge in [0, 0.05) is 25.5 Å². The SMILES string of the molecule is Cc1cccnc1CNC(=O)C1CCN(C(=O)c2c(C)nc3ccc(Cl)cn23)C1. The maximum absolute atomic E-state index is 13.1. The number of hydrogen-bond acceptors (Lipinski definition) is 4. The lowest BCUT2D eigenvalue weighted by Gasteiger charge is -2.17. The molecule has 1 N–H and O–H groups in total. The minimum absolute atomic E-state index is 0.0525. The van der Waals surface area contributed by atoms with Crippen molar-refractivity contribution in [1.29, 1.82) is 0 Å². The molecule has 1 unspecified atom stereocenters. The van der Waals surface area contributed by atoms with E-state index >= 15 is 0 Å². The lowest BCUT2D eigenvalue weighted by Crippen LogP contribution is -2.35. The Hall–Kier alpha value is -2.93. The normalized spacial score (nSPS) is 16.4. The van der Waals surface area contributed by atoms with Gasteiger partial charge in [-0.25, -0.2) is 4.98 Å². The first-order valence-electron chi connectivity index (χ1n) is 9.55. The summed E-state index contributed by atoms with van der Waals surface area (Å²) in [4.78, 5) is 36.2. The van der Waals surface area contributed by atoms with Crippen LogP contribution in [0.1, 0.15) is 33.9 Å². The Morgan fingerprint density at radius 2 is 2.10 bits per heavy atom. The van der Waals surface area contributed by atoms with Crippen LogP contribution in [0.4, 0.5) is 0 Å². The van der Waals surface area contributed by atoms with E-state index in [1.165, 1.54) is 0 Å². The van der Waals surface area contributed by atoms with Gasteiger partial charge in [-0.15, -0.1) is 0 Å². The molecule has 150 valence electrons. The number of halogens is 1. The van der Waals surface area contributed by atoms with Crippen molar-refractivity contribution < 1.29 is 9.59 Å². The standard InChI is InChI=1S/C21H22ClN5O2/c1-13-4-3-8-23-17(13)10-24-20(28)15-7-9-26(11-15)21(29)19-14(2)25-18-6-5-16(22)12-27(18)19/h3-6,8,12,15H,7,9-11H2,1-2H3,(H,24,28). The molecular weight excluding hydrogens is 390 g/mol. The van der Waals surface area contributed by atoms with Crippen LogP contribution >= 0.6 is 11.6 Å². The van der Waals surface area contributed by atoms with Gasteiger partial charge in [0.1, 0.15) is 11.3 Å². The zero-order chi connectivity index (χ0) is 20.5. The second kappa shape index (κ2) is 7.83. The minimum Gasteiger partial charge on any atom is -0.350 e. The fourth-order valence-corrected chi connectivity index (χ4v) is 3.88. The molecule has 2 amide bonds. The van der Waals surface area contributed by atoms with E-state index in [2.05, 4.69) is 15.3 Å². The summed E-state index contributed by atoms with van der Waals surface area (Å²) in [5.74, 6) is -0.414. The van der Waals surface area contributed by atoms with Gasteiger partial charge in [-0.3, -0.25) is 19.0 Å². The van der Waals surface area contributed by atoms with Crippen LogP contribution in [0.15, 0.2) is 36.7 Å². The molecule has 0 radical (unpaired) electrons. The number of nitrogens with one attached hydrogen (secondary N) is 1. The molecule has 1 fully saturated rings. The summed E-state index contributed by atoms with van der Waals surface area (Å²) in [5, 5.41) is 3.48. The summed E-state index contributed by atoms with van der Waals surface area (Å²) < 4.78 is 1.72. The first-order chi connectivity index (χ1) is 13.9. The van der Waals surface area contributed by atoms with Crippen LogP contribution in [-0.4, -0.2) is 44.2 Å². The minimum atomic E-state index is -0.231. The number of aromatic nitrogens is 3. The molecule has 4 heterocycles. The number of pyridine rings is 2. The van der Waals surface area contributed by atoms with Crippen molar-refractivity contribution >= 4 is 29.1 Å². The molecular formula is C21H22ClN5O2. The quantitative estimate of drug-likeness (QED) is 0.715. The largest absolute Gasteiger partial charge is 0.350 e. The fraction of sp³-hybridized carbons (Fsp3) is 0.333. The molecule has 7 nitrogen and oxygen atoms in total. The van der Waals surface area contributed by atoms with E-state index in [0.29, 0.717) is 48.1 Å². The van der Waals surface area contributed by atoms with Crippen LogP contribution in [0.25, 0.3) is 5.65 Å². The number of amides is 2. The van der Waals surface area contributed by atoms with Crippen LogP contribution < -0.4 is 5.32 Å². The highest BCUT2D eigenvalue weighted by molar-refractivity contribution is 6.30. The van der Waals surface area contributed by atoms with E-state index in [9.17, 15) is 9.59 Å². The summed E-state index contributed by atoms with van der Waals surface area (Å²) >= 11 is 6.09. The molecule has 1 saturated heterocycles. The third-order valence-corrected chi connectivity index (χ3v) is 5.58. The van der Waals surface area contributed by atoms with Gasteiger partial charge in [0.15, 0.2) is 0 Å². The van der Waals surface area contributed by atoms with E-state index in [1.807, 2.05) is 26.0 Å². The van der Waals surface area contributed by atoms with E-state index < -0.39 is 0 Å². The molecule has 3 aromatic rings. The molecule has 1 atom stereocenters. The number of rotatable bonds is 4. The first-order valence-corrected chi connectivity index (χ1v) is 9.93. The van der Waals surface area contributed by atoms with Crippen LogP contribution in [-0.2, 0) is 11.3 Å². The van der Waals surface area contributed by atoms with Gasteiger partial charge >= 0.3 is 0 Å². The smallest absolute Gasteiger partial charge is 0.272 e. The van der Waals surface area contributed by atoms with Gasteiger partial charge < -0.3 is 10.2 Å². The van der Waals surface area contributed by atoms with Gasteiger partial charge in [0.05, 0.1) is 28.9 Å². The van der Waals surface area contributed by atoms with Crippen LogP contribution in [0.2, 0.25) is 5.02 Å². The van der Waals surface area contributed by atoms with Crippen molar-refractivity contribution in [1.82, 2.24) is 24.6 Å². The maximum Gasteiger partial charge on any atom is 0.272 e. The first kappa shape index (κ1) is 19.4. The van der Waals surface area contributed by atoms with Crippen molar-refractivity contribution in [3.63, 3.8) is 0 Å². The molecule has 4 rings (SSSR count).